The number of hydrogen-bond acceptors (Lipinski definition) is 3. The molecule has 5 heteroatoms. The van der Waals surface area contributed by atoms with Gasteiger partial charge in [-0.1, -0.05) is 15.9 Å². The van der Waals surface area contributed by atoms with Crippen LogP contribution in [0, 0.1) is 0 Å². The van der Waals surface area contributed by atoms with E-state index in [4.69, 9.17) is 0 Å². The van der Waals surface area contributed by atoms with Gasteiger partial charge in [-0.3, -0.25) is 4.79 Å². The van der Waals surface area contributed by atoms with Crippen LogP contribution in [-0.2, 0) is 4.79 Å². The minimum Gasteiger partial charge on any atom is -0.392 e. The van der Waals surface area contributed by atoms with Crippen molar-refractivity contribution in [2.75, 3.05) is 19.3 Å². The number of aliphatic hydroxyl groups is 1. The molecule has 0 saturated carbocycles. The molecule has 0 aliphatic rings. The van der Waals surface area contributed by atoms with Crippen LogP contribution in [-0.4, -0.2) is 41.4 Å². The van der Waals surface area contributed by atoms with Crippen molar-refractivity contribution < 1.29 is 9.90 Å². The number of amides is 1. The standard InChI is InChI=1S/C12H16BrNO2S/c1-9(15)7-14(2)12(16)8-17-11-5-3-10(13)4-6-11/h3-6,9,15H,7-8H2,1-2H3. The van der Waals surface area contributed by atoms with Crippen LogP contribution in [0.25, 0.3) is 0 Å². The first kappa shape index (κ1) is 14.5. The summed E-state index contributed by atoms with van der Waals surface area (Å²) in [5, 5.41) is 9.18. The molecule has 94 valence electrons. The van der Waals surface area contributed by atoms with Gasteiger partial charge >= 0.3 is 0 Å². The van der Waals surface area contributed by atoms with Crippen molar-refractivity contribution >= 4 is 33.6 Å². The lowest BCUT2D eigenvalue weighted by Gasteiger charge is -2.18. The molecule has 0 fully saturated rings. The molecule has 3 nitrogen and oxygen atoms in total. The Balaban J connectivity index is 2.40. The van der Waals surface area contributed by atoms with E-state index in [-0.39, 0.29) is 5.91 Å². The zero-order valence-electron chi connectivity index (χ0n) is 9.89. The molecule has 0 heterocycles. The quantitative estimate of drug-likeness (QED) is 0.848. The van der Waals surface area contributed by atoms with Crippen molar-refractivity contribution in [3.05, 3.63) is 28.7 Å². The zero-order chi connectivity index (χ0) is 12.8. The summed E-state index contributed by atoms with van der Waals surface area (Å²) in [4.78, 5) is 14.3. The SMILES string of the molecule is CC(O)CN(C)C(=O)CSc1ccc(Br)cc1. The monoisotopic (exact) mass is 317 g/mol. The van der Waals surface area contributed by atoms with Gasteiger partial charge in [0.05, 0.1) is 11.9 Å². The third kappa shape index (κ3) is 5.57. The third-order valence-corrected chi connectivity index (χ3v) is 3.67. The number of rotatable bonds is 5. The number of benzene rings is 1. The maximum Gasteiger partial charge on any atom is 0.232 e. The normalized spacial score (nSPS) is 12.2. The van der Waals surface area contributed by atoms with E-state index in [1.165, 1.54) is 11.8 Å². The number of nitrogens with zero attached hydrogens (tertiary/aromatic N) is 1. The Bertz CT molecular complexity index is 367. The molecule has 0 aliphatic carbocycles. The summed E-state index contributed by atoms with van der Waals surface area (Å²) in [7, 11) is 1.71. The van der Waals surface area contributed by atoms with Crippen molar-refractivity contribution in [1.82, 2.24) is 4.90 Å². The molecule has 1 amide bonds. The fraction of sp³-hybridized carbons (Fsp3) is 0.417. The molecular weight excluding hydrogens is 302 g/mol. The van der Waals surface area contributed by atoms with E-state index in [1.807, 2.05) is 24.3 Å². The van der Waals surface area contributed by atoms with Gasteiger partial charge in [0.1, 0.15) is 0 Å². The number of likely N-dealkylation sites (N-methyl/N-ethyl adjacent to an activating group) is 1. The molecule has 1 rings (SSSR count). The van der Waals surface area contributed by atoms with Gasteiger partial charge in [-0.2, -0.15) is 0 Å². The Hall–Kier alpha value is -0.520. The largest absolute Gasteiger partial charge is 0.392 e. The number of hydrogen-bond donors (Lipinski definition) is 1. The number of halogens is 1. The zero-order valence-corrected chi connectivity index (χ0v) is 12.3. The Morgan fingerprint density at radius 2 is 2.06 bits per heavy atom. The summed E-state index contributed by atoms with van der Waals surface area (Å²) in [6, 6.07) is 7.84. The summed E-state index contributed by atoms with van der Waals surface area (Å²) in [6.45, 7) is 2.05. The molecule has 17 heavy (non-hydrogen) atoms. The number of carbonyl (C=O) groups is 1. The lowest BCUT2D eigenvalue weighted by Crippen LogP contribution is -2.34. The second-order valence-corrected chi connectivity index (χ2v) is 5.83. The van der Waals surface area contributed by atoms with Crippen molar-refractivity contribution in [2.24, 2.45) is 0 Å². The molecule has 0 spiro atoms. The van der Waals surface area contributed by atoms with Gasteiger partial charge in [-0.15, -0.1) is 11.8 Å². The topological polar surface area (TPSA) is 40.5 Å². The lowest BCUT2D eigenvalue weighted by molar-refractivity contribution is -0.128. The van der Waals surface area contributed by atoms with Gasteiger partial charge in [0.25, 0.3) is 0 Å². The third-order valence-electron chi connectivity index (χ3n) is 2.14. The van der Waals surface area contributed by atoms with Crippen molar-refractivity contribution in [3.8, 4) is 0 Å². The van der Waals surface area contributed by atoms with E-state index in [1.54, 1.807) is 18.9 Å². The Morgan fingerprint density at radius 1 is 1.47 bits per heavy atom. The smallest absolute Gasteiger partial charge is 0.232 e. The van der Waals surface area contributed by atoms with E-state index >= 15 is 0 Å². The van der Waals surface area contributed by atoms with Crippen molar-refractivity contribution in [1.29, 1.82) is 0 Å². The second-order valence-electron chi connectivity index (χ2n) is 3.87. The van der Waals surface area contributed by atoms with Crippen LogP contribution < -0.4 is 0 Å². The van der Waals surface area contributed by atoms with Crippen molar-refractivity contribution in [3.63, 3.8) is 0 Å². The van der Waals surface area contributed by atoms with Crippen LogP contribution in [0.1, 0.15) is 6.92 Å². The first-order chi connectivity index (χ1) is 7.99. The van der Waals surface area contributed by atoms with Crippen LogP contribution in [0.3, 0.4) is 0 Å². The van der Waals surface area contributed by atoms with Gasteiger partial charge in [0.15, 0.2) is 0 Å². The van der Waals surface area contributed by atoms with Gasteiger partial charge < -0.3 is 10.0 Å². The minimum atomic E-state index is -0.485. The molecular formula is C12H16BrNO2S. The number of thioether (sulfide) groups is 1. The first-order valence-electron chi connectivity index (χ1n) is 5.29. The average Bonchev–Trinajstić information content (AvgIpc) is 2.27. The van der Waals surface area contributed by atoms with Crippen LogP contribution in [0.4, 0.5) is 0 Å². The highest BCUT2D eigenvalue weighted by Gasteiger charge is 2.11. The first-order valence-corrected chi connectivity index (χ1v) is 7.07. The van der Waals surface area contributed by atoms with E-state index in [0.29, 0.717) is 12.3 Å². The summed E-state index contributed by atoms with van der Waals surface area (Å²) >= 11 is 4.86. The highest BCUT2D eigenvalue weighted by Crippen LogP contribution is 2.20. The van der Waals surface area contributed by atoms with Crippen LogP contribution in [0.2, 0.25) is 0 Å². The molecule has 1 unspecified atom stereocenters. The van der Waals surface area contributed by atoms with Crippen LogP contribution in [0.15, 0.2) is 33.6 Å². The molecule has 0 aliphatic heterocycles. The van der Waals surface area contributed by atoms with Crippen LogP contribution in [0.5, 0.6) is 0 Å². The van der Waals surface area contributed by atoms with E-state index in [0.717, 1.165) is 9.37 Å². The lowest BCUT2D eigenvalue weighted by atomic mass is 10.4. The van der Waals surface area contributed by atoms with Crippen molar-refractivity contribution in [2.45, 2.75) is 17.9 Å². The van der Waals surface area contributed by atoms with Gasteiger partial charge in [0, 0.05) is 23.0 Å². The van der Waals surface area contributed by atoms with E-state index < -0.39 is 6.10 Å². The molecule has 0 bridgehead atoms. The molecule has 0 aromatic heterocycles. The Kier molecular flexibility index (Phi) is 6.02. The molecule has 1 N–H and O–H groups in total. The van der Waals surface area contributed by atoms with E-state index in [2.05, 4.69) is 15.9 Å². The predicted molar refractivity (Wildman–Crippen MR) is 74.2 cm³/mol. The fourth-order valence-electron chi connectivity index (χ4n) is 1.28. The van der Waals surface area contributed by atoms with Gasteiger partial charge in [-0.25, -0.2) is 0 Å². The maximum atomic E-state index is 11.7. The highest BCUT2D eigenvalue weighted by atomic mass is 79.9. The Labute approximate surface area is 114 Å². The molecule has 1 aromatic rings. The second kappa shape index (κ2) is 7.03. The highest BCUT2D eigenvalue weighted by molar-refractivity contribution is 9.10. The molecule has 1 atom stereocenters. The van der Waals surface area contributed by atoms with Gasteiger partial charge in [0.2, 0.25) is 5.91 Å². The number of aliphatic hydroxyl groups excluding tert-OH is 1. The summed E-state index contributed by atoms with van der Waals surface area (Å²) < 4.78 is 1.03. The van der Waals surface area contributed by atoms with Crippen LogP contribution >= 0.6 is 27.7 Å². The summed E-state index contributed by atoms with van der Waals surface area (Å²) in [6.07, 6.45) is -0.485. The Morgan fingerprint density at radius 3 is 2.59 bits per heavy atom. The summed E-state index contributed by atoms with van der Waals surface area (Å²) in [5.41, 5.74) is 0. The average molecular weight is 318 g/mol. The predicted octanol–water partition coefficient (Wildman–Crippen LogP) is 2.38. The fourth-order valence-corrected chi connectivity index (χ4v) is 2.39. The number of carbonyl (C=O) groups excluding carboxylic acids is 1. The molecule has 0 radical (unpaired) electrons. The summed E-state index contributed by atoms with van der Waals surface area (Å²) in [5.74, 6) is 0.420. The maximum absolute atomic E-state index is 11.7. The van der Waals surface area contributed by atoms with E-state index in [9.17, 15) is 9.90 Å². The molecule has 0 saturated heterocycles. The molecule has 1 aromatic carbocycles. The van der Waals surface area contributed by atoms with Gasteiger partial charge in [-0.05, 0) is 31.2 Å². The minimum absolute atomic E-state index is 0.0267.